The largest absolute Gasteiger partial charge is 0.386 e. The number of hydrogen-bond donors (Lipinski definition) is 2. The van der Waals surface area contributed by atoms with Gasteiger partial charge in [-0.05, 0) is 38.1 Å². The van der Waals surface area contributed by atoms with E-state index in [0.29, 0.717) is 27.5 Å². The second-order valence-corrected chi connectivity index (χ2v) is 7.64. The Labute approximate surface area is 182 Å². The van der Waals surface area contributed by atoms with Crippen LogP contribution in [0.3, 0.4) is 0 Å². The molecule has 1 heterocycles. The lowest BCUT2D eigenvalue weighted by Crippen LogP contribution is -2.30. The van der Waals surface area contributed by atoms with E-state index in [-0.39, 0.29) is 24.4 Å². The Morgan fingerprint density at radius 3 is 2.57 bits per heavy atom. The third-order valence-corrected chi connectivity index (χ3v) is 5.48. The number of rotatable bonds is 6. The molecule has 0 radical (unpaired) electrons. The Morgan fingerprint density at radius 1 is 1.17 bits per heavy atom. The maximum Gasteiger partial charge on any atom is 0.224 e. The van der Waals surface area contributed by atoms with Crippen molar-refractivity contribution in [2.45, 2.75) is 26.4 Å². The average molecular weight is 454 g/mol. The van der Waals surface area contributed by atoms with Gasteiger partial charge in [0.05, 0.1) is 34.0 Å². The maximum atomic E-state index is 13.8. The van der Waals surface area contributed by atoms with Crippen LogP contribution in [0.1, 0.15) is 28.6 Å². The van der Waals surface area contributed by atoms with E-state index < -0.39 is 17.7 Å². The van der Waals surface area contributed by atoms with E-state index in [1.165, 1.54) is 0 Å². The van der Waals surface area contributed by atoms with Crippen LogP contribution in [0.2, 0.25) is 10.0 Å². The summed E-state index contributed by atoms with van der Waals surface area (Å²) in [5.74, 6) is -1.97. The first-order valence-corrected chi connectivity index (χ1v) is 9.83. The van der Waals surface area contributed by atoms with Gasteiger partial charge in [0, 0.05) is 29.4 Å². The van der Waals surface area contributed by atoms with Gasteiger partial charge in [-0.25, -0.2) is 13.5 Å². The second-order valence-electron chi connectivity index (χ2n) is 6.82. The van der Waals surface area contributed by atoms with Gasteiger partial charge in [0.15, 0.2) is 0 Å². The van der Waals surface area contributed by atoms with Gasteiger partial charge >= 0.3 is 0 Å². The van der Waals surface area contributed by atoms with Crippen LogP contribution in [0.15, 0.2) is 36.4 Å². The molecule has 5 nitrogen and oxygen atoms in total. The molecule has 3 rings (SSSR count). The van der Waals surface area contributed by atoms with Crippen LogP contribution >= 0.6 is 23.2 Å². The van der Waals surface area contributed by atoms with Crippen LogP contribution in [0, 0.1) is 25.5 Å². The average Bonchev–Trinajstić information content (AvgIpc) is 2.96. The van der Waals surface area contributed by atoms with Crippen LogP contribution in [-0.4, -0.2) is 27.3 Å². The quantitative estimate of drug-likeness (QED) is 0.578. The zero-order valence-corrected chi connectivity index (χ0v) is 17.7. The molecule has 0 bridgehead atoms. The fourth-order valence-corrected chi connectivity index (χ4v) is 3.41. The van der Waals surface area contributed by atoms with Crippen molar-refractivity contribution in [3.63, 3.8) is 0 Å². The number of nitrogens with one attached hydrogen (secondary N) is 1. The zero-order chi connectivity index (χ0) is 22.0. The van der Waals surface area contributed by atoms with Crippen molar-refractivity contribution in [2.75, 3.05) is 6.54 Å². The van der Waals surface area contributed by atoms with Gasteiger partial charge in [0.25, 0.3) is 0 Å². The third kappa shape index (κ3) is 4.80. The van der Waals surface area contributed by atoms with Crippen LogP contribution in [-0.2, 0) is 11.2 Å². The molecule has 0 aliphatic rings. The minimum absolute atomic E-state index is 0.0254. The molecule has 1 unspecified atom stereocenters. The minimum atomic E-state index is -1.30. The number of halogens is 4. The number of nitrogens with zero attached hydrogens (tertiary/aromatic N) is 2. The summed E-state index contributed by atoms with van der Waals surface area (Å²) in [5, 5.41) is 18.0. The summed E-state index contributed by atoms with van der Waals surface area (Å²) in [7, 11) is 0. The third-order valence-electron chi connectivity index (χ3n) is 4.74. The summed E-state index contributed by atoms with van der Waals surface area (Å²) in [6, 6.07) is 8.00. The lowest BCUT2D eigenvalue weighted by Gasteiger charge is -2.13. The van der Waals surface area contributed by atoms with Crippen molar-refractivity contribution < 1.29 is 18.7 Å². The van der Waals surface area contributed by atoms with Gasteiger partial charge in [-0.15, -0.1) is 0 Å². The molecule has 0 fully saturated rings. The summed E-state index contributed by atoms with van der Waals surface area (Å²) >= 11 is 12.0. The number of benzene rings is 2. The molecule has 2 N–H and O–H groups in total. The highest BCUT2D eigenvalue weighted by Crippen LogP contribution is 2.26. The van der Waals surface area contributed by atoms with Gasteiger partial charge in [0.1, 0.15) is 11.6 Å². The fraction of sp³-hybridized carbons (Fsp3) is 0.238. The number of aryl methyl sites for hydroxylation is 1. The Morgan fingerprint density at radius 2 is 1.90 bits per heavy atom. The van der Waals surface area contributed by atoms with E-state index in [0.717, 1.165) is 23.4 Å². The standard InChI is InChI=1S/C21H19Cl2F2N3O2/c1-11-16(12(2)28(27-11)14-4-6-17(22)18(23)8-14)9-21(30)26-10-20(29)15-5-3-13(24)7-19(15)25/h3-8,20,29H,9-10H2,1-2H3,(H,26,30). The topological polar surface area (TPSA) is 67.2 Å². The van der Waals surface area contributed by atoms with Gasteiger partial charge in [-0.2, -0.15) is 5.10 Å². The van der Waals surface area contributed by atoms with Gasteiger partial charge in [0.2, 0.25) is 5.91 Å². The first-order chi connectivity index (χ1) is 14.2. The van der Waals surface area contributed by atoms with Gasteiger partial charge in [-0.1, -0.05) is 29.3 Å². The summed E-state index contributed by atoms with van der Waals surface area (Å²) in [6.07, 6.45) is -1.27. The van der Waals surface area contributed by atoms with Crippen molar-refractivity contribution in [1.29, 1.82) is 0 Å². The number of hydrogen-bond acceptors (Lipinski definition) is 3. The number of aromatic nitrogens is 2. The van der Waals surface area contributed by atoms with Crippen molar-refractivity contribution in [2.24, 2.45) is 0 Å². The molecule has 2 aromatic carbocycles. The molecule has 0 aliphatic heterocycles. The van der Waals surface area contributed by atoms with Gasteiger partial charge in [-0.3, -0.25) is 4.79 Å². The second kappa shape index (κ2) is 9.12. The van der Waals surface area contributed by atoms with E-state index in [1.54, 1.807) is 29.8 Å². The Kier molecular flexibility index (Phi) is 6.75. The van der Waals surface area contributed by atoms with Crippen LogP contribution in [0.5, 0.6) is 0 Å². The zero-order valence-electron chi connectivity index (χ0n) is 16.2. The molecule has 1 atom stereocenters. The molecular weight excluding hydrogens is 435 g/mol. The number of carbonyl (C=O) groups is 1. The number of carbonyl (C=O) groups excluding carboxylic acids is 1. The molecule has 158 valence electrons. The smallest absolute Gasteiger partial charge is 0.224 e. The molecule has 30 heavy (non-hydrogen) atoms. The van der Waals surface area contributed by atoms with Crippen LogP contribution in [0.4, 0.5) is 8.78 Å². The Balaban J connectivity index is 1.69. The highest BCUT2D eigenvalue weighted by atomic mass is 35.5. The number of aliphatic hydroxyl groups is 1. The highest BCUT2D eigenvalue weighted by Gasteiger charge is 2.18. The van der Waals surface area contributed by atoms with E-state index in [9.17, 15) is 18.7 Å². The lowest BCUT2D eigenvalue weighted by molar-refractivity contribution is -0.120. The maximum absolute atomic E-state index is 13.8. The highest BCUT2D eigenvalue weighted by molar-refractivity contribution is 6.42. The normalized spacial score (nSPS) is 12.1. The SMILES string of the molecule is Cc1nn(-c2ccc(Cl)c(Cl)c2)c(C)c1CC(=O)NCC(O)c1ccc(F)cc1F. The molecule has 0 aliphatic carbocycles. The molecular formula is C21H19Cl2F2N3O2. The monoisotopic (exact) mass is 453 g/mol. The molecule has 0 spiro atoms. The van der Waals surface area contributed by atoms with Crippen molar-refractivity contribution in [3.8, 4) is 5.69 Å². The number of aliphatic hydroxyl groups excluding tert-OH is 1. The van der Waals surface area contributed by atoms with Crippen LogP contribution < -0.4 is 5.32 Å². The first-order valence-electron chi connectivity index (χ1n) is 9.07. The molecule has 1 amide bonds. The summed E-state index contributed by atoms with van der Waals surface area (Å²) < 4.78 is 28.4. The van der Waals surface area contributed by atoms with Crippen molar-refractivity contribution >= 4 is 29.1 Å². The summed E-state index contributed by atoms with van der Waals surface area (Å²) in [6.45, 7) is 3.40. The molecule has 9 heteroatoms. The lowest BCUT2D eigenvalue weighted by atomic mass is 10.1. The van der Waals surface area contributed by atoms with Crippen molar-refractivity contribution in [1.82, 2.24) is 15.1 Å². The number of amides is 1. The predicted octanol–water partition coefficient (Wildman–Crippen LogP) is 4.47. The molecule has 0 saturated heterocycles. The van der Waals surface area contributed by atoms with E-state index >= 15 is 0 Å². The molecule has 1 aromatic heterocycles. The molecule has 3 aromatic rings. The van der Waals surface area contributed by atoms with E-state index in [4.69, 9.17) is 23.2 Å². The molecule has 0 saturated carbocycles. The summed E-state index contributed by atoms with van der Waals surface area (Å²) in [5.41, 5.74) is 2.77. The summed E-state index contributed by atoms with van der Waals surface area (Å²) in [4.78, 5) is 12.4. The Bertz CT molecular complexity index is 1100. The Hall–Kier alpha value is -2.48. The first kappa shape index (κ1) is 22.2. The minimum Gasteiger partial charge on any atom is -0.386 e. The van der Waals surface area contributed by atoms with Gasteiger partial charge < -0.3 is 10.4 Å². The fourth-order valence-electron chi connectivity index (χ4n) is 3.11. The van der Waals surface area contributed by atoms with E-state index in [1.807, 2.05) is 6.92 Å². The predicted molar refractivity (Wildman–Crippen MR) is 111 cm³/mol. The van der Waals surface area contributed by atoms with E-state index in [2.05, 4.69) is 10.4 Å². The van der Waals surface area contributed by atoms with Crippen molar-refractivity contribution in [3.05, 3.63) is 80.6 Å². The van der Waals surface area contributed by atoms with Crippen LogP contribution in [0.25, 0.3) is 5.69 Å².